The van der Waals surface area contributed by atoms with Crippen LogP contribution < -0.4 is 0 Å². The van der Waals surface area contributed by atoms with Crippen LogP contribution in [0.1, 0.15) is 19.4 Å². The van der Waals surface area contributed by atoms with Gasteiger partial charge in [0.2, 0.25) is 0 Å². The highest BCUT2D eigenvalue weighted by Gasteiger charge is 2.38. The highest BCUT2D eigenvalue weighted by atomic mass is 35.5. The number of hydrogen-bond donors (Lipinski definition) is 1. The van der Waals surface area contributed by atoms with Gasteiger partial charge in [0.25, 0.3) is 0 Å². The molecule has 102 valence electrons. The predicted molar refractivity (Wildman–Crippen MR) is 70.0 cm³/mol. The fourth-order valence-corrected chi connectivity index (χ4v) is 2.23. The number of rotatable bonds is 4. The first kappa shape index (κ1) is 15.4. The second-order valence-electron chi connectivity index (χ2n) is 4.80. The van der Waals surface area contributed by atoms with E-state index < -0.39 is 26.5 Å². The van der Waals surface area contributed by atoms with Crippen molar-refractivity contribution in [3.8, 4) is 0 Å². The monoisotopic (exact) mass is 294 g/mol. The molecule has 0 heterocycles. The van der Waals surface area contributed by atoms with Crippen molar-refractivity contribution in [2.75, 3.05) is 6.26 Å². The summed E-state index contributed by atoms with van der Waals surface area (Å²) >= 11 is 5.84. The SMILES string of the molecule is CC(C)(C(O)Cc1c(F)cccc1Cl)S(C)(=O)=O. The second kappa shape index (κ2) is 5.15. The van der Waals surface area contributed by atoms with Crippen molar-refractivity contribution in [1.82, 2.24) is 0 Å². The molecule has 1 aromatic rings. The fraction of sp³-hybridized carbons (Fsp3) is 0.500. The van der Waals surface area contributed by atoms with Gasteiger partial charge in [0.05, 0.1) is 10.9 Å². The van der Waals surface area contributed by atoms with Gasteiger partial charge in [-0.25, -0.2) is 12.8 Å². The van der Waals surface area contributed by atoms with Gasteiger partial charge in [0.15, 0.2) is 9.84 Å². The Morgan fingerprint density at radius 3 is 2.44 bits per heavy atom. The lowest BCUT2D eigenvalue weighted by Crippen LogP contribution is -2.44. The molecule has 1 unspecified atom stereocenters. The lowest BCUT2D eigenvalue weighted by molar-refractivity contribution is 0.137. The Morgan fingerprint density at radius 2 is 2.00 bits per heavy atom. The molecule has 1 atom stereocenters. The van der Waals surface area contributed by atoms with Crippen LogP contribution in [0.5, 0.6) is 0 Å². The highest BCUT2D eigenvalue weighted by molar-refractivity contribution is 7.92. The molecule has 18 heavy (non-hydrogen) atoms. The molecule has 1 N–H and O–H groups in total. The number of aliphatic hydroxyl groups is 1. The van der Waals surface area contributed by atoms with Crippen LogP contribution in [-0.4, -0.2) is 30.6 Å². The summed E-state index contributed by atoms with van der Waals surface area (Å²) in [6.07, 6.45) is -0.341. The van der Waals surface area contributed by atoms with E-state index in [2.05, 4.69) is 0 Å². The zero-order chi connectivity index (χ0) is 14.1. The van der Waals surface area contributed by atoms with Gasteiger partial charge >= 0.3 is 0 Å². The molecule has 0 saturated carbocycles. The van der Waals surface area contributed by atoms with Gasteiger partial charge in [0, 0.05) is 23.3 Å². The first-order valence-electron chi connectivity index (χ1n) is 5.38. The summed E-state index contributed by atoms with van der Waals surface area (Å²) in [7, 11) is -3.46. The van der Waals surface area contributed by atoms with Gasteiger partial charge in [0.1, 0.15) is 5.82 Å². The molecular formula is C12H16ClFO3S. The van der Waals surface area contributed by atoms with Gasteiger partial charge in [-0.3, -0.25) is 0 Å². The van der Waals surface area contributed by atoms with Crippen LogP contribution in [0.15, 0.2) is 18.2 Å². The number of benzene rings is 1. The van der Waals surface area contributed by atoms with Crippen LogP contribution >= 0.6 is 11.6 Å². The van der Waals surface area contributed by atoms with Gasteiger partial charge in [-0.2, -0.15) is 0 Å². The molecule has 0 aliphatic rings. The molecule has 0 spiro atoms. The van der Waals surface area contributed by atoms with E-state index in [0.29, 0.717) is 0 Å². The molecule has 6 heteroatoms. The molecule has 0 bridgehead atoms. The minimum absolute atomic E-state index is 0.128. The topological polar surface area (TPSA) is 54.4 Å². The maximum absolute atomic E-state index is 13.6. The molecule has 0 aromatic heterocycles. The Hall–Kier alpha value is -0.650. The fourth-order valence-electron chi connectivity index (χ4n) is 1.41. The summed E-state index contributed by atoms with van der Waals surface area (Å²) in [4.78, 5) is 0. The molecule has 1 aromatic carbocycles. The maximum atomic E-state index is 13.6. The second-order valence-corrected chi connectivity index (χ2v) is 7.80. The van der Waals surface area contributed by atoms with Crippen molar-refractivity contribution >= 4 is 21.4 Å². The lowest BCUT2D eigenvalue weighted by Gasteiger charge is -2.28. The summed E-state index contributed by atoms with van der Waals surface area (Å²) < 4.78 is 35.3. The van der Waals surface area contributed by atoms with Gasteiger partial charge in [-0.15, -0.1) is 0 Å². The normalized spacial score (nSPS) is 14.6. The Bertz CT molecular complexity index is 520. The van der Waals surface area contributed by atoms with Crippen molar-refractivity contribution < 1.29 is 17.9 Å². The predicted octanol–water partition coefficient (Wildman–Crippen LogP) is 2.21. The standard InChI is InChI=1S/C12H16ClFO3S/c1-12(2,18(3,16)17)11(15)7-8-9(13)5-4-6-10(8)14/h4-6,11,15H,7H2,1-3H3. The summed E-state index contributed by atoms with van der Waals surface area (Å²) in [5.74, 6) is -0.550. The third-order valence-electron chi connectivity index (χ3n) is 3.22. The summed E-state index contributed by atoms with van der Waals surface area (Å²) in [6, 6.07) is 4.18. The van der Waals surface area contributed by atoms with Crippen LogP contribution in [-0.2, 0) is 16.3 Å². The van der Waals surface area contributed by atoms with Crippen molar-refractivity contribution in [3.05, 3.63) is 34.6 Å². The van der Waals surface area contributed by atoms with Gasteiger partial charge in [-0.1, -0.05) is 17.7 Å². The van der Waals surface area contributed by atoms with E-state index in [9.17, 15) is 17.9 Å². The molecule has 3 nitrogen and oxygen atoms in total. The smallest absolute Gasteiger partial charge is 0.155 e. The molecule has 0 fully saturated rings. The summed E-state index contributed by atoms with van der Waals surface area (Å²) in [5, 5.41) is 10.2. The maximum Gasteiger partial charge on any atom is 0.155 e. The van der Waals surface area contributed by atoms with E-state index >= 15 is 0 Å². The minimum Gasteiger partial charge on any atom is -0.391 e. The number of hydrogen-bond acceptors (Lipinski definition) is 3. The molecule has 0 amide bonds. The van der Waals surface area contributed by atoms with Crippen LogP contribution in [0.4, 0.5) is 4.39 Å². The average Bonchev–Trinajstić information content (AvgIpc) is 2.21. The third-order valence-corrected chi connectivity index (χ3v) is 5.75. The number of halogens is 2. The number of aliphatic hydroxyl groups excluding tert-OH is 1. The van der Waals surface area contributed by atoms with Crippen molar-refractivity contribution in [1.29, 1.82) is 0 Å². The van der Waals surface area contributed by atoms with E-state index in [1.165, 1.54) is 32.0 Å². The van der Waals surface area contributed by atoms with Crippen LogP contribution in [0.2, 0.25) is 5.02 Å². The molecular weight excluding hydrogens is 279 g/mol. The molecule has 0 aliphatic heterocycles. The molecule has 0 radical (unpaired) electrons. The van der Waals surface area contributed by atoms with E-state index in [0.717, 1.165) is 6.26 Å². The minimum atomic E-state index is -3.46. The lowest BCUT2D eigenvalue weighted by atomic mass is 9.98. The first-order chi connectivity index (χ1) is 8.07. The zero-order valence-corrected chi connectivity index (χ0v) is 12.0. The summed E-state index contributed by atoms with van der Waals surface area (Å²) in [5.41, 5.74) is 0.128. The Balaban J connectivity index is 3.06. The molecule has 0 saturated heterocycles. The van der Waals surface area contributed by atoms with E-state index in [-0.39, 0.29) is 17.0 Å². The Labute approximate surface area is 112 Å². The summed E-state index contributed by atoms with van der Waals surface area (Å²) in [6.45, 7) is 2.81. The van der Waals surface area contributed by atoms with Crippen molar-refractivity contribution in [2.45, 2.75) is 31.1 Å². The van der Waals surface area contributed by atoms with E-state index in [1.807, 2.05) is 0 Å². The first-order valence-corrected chi connectivity index (χ1v) is 7.65. The van der Waals surface area contributed by atoms with Crippen LogP contribution in [0, 0.1) is 5.82 Å². The van der Waals surface area contributed by atoms with Crippen molar-refractivity contribution in [2.24, 2.45) is 0 Å². The average molecular weight is 295 g/mol. The van der Waals surface area contributed by atoms with Crippen LogP contribution in [0.3, 0.4) is 0 Å². The number of sulfone groups is 1. The molecule has 0 aliphatic carbocycles. The Morgan fingerprint density at radius 1 is 1.44 bits per heavy atom. The van der Waals surface area contributed by atoms with E-state index in [4.69, 9.17) is 11.6 Å². The van der Waals surface area contributed by atoms with Gasteiger partial charge < -0.3 is 5.11 Å². The van der Waals surface area contributed by atoms with Gasteiger partial charge in [-0.05, 0) is 26.0 Å². The van der Waals surface area contributed by atoms with Crippen LogP contribution in [0.25, 0.3) is 0 Å². The largest absolute Gasteiger partial charge is 0.391 e. The van der Waals surface area contributed by atoms with E-state index in [1.54, 1.807) is 0 Å². The molecule has 1 rings (SSSR count). The Kier molecular flexibility index (Phi) is 4.41. The third kappa shape index (κ3) is 3.02. The quantitative estimate of drug-likeness (QED) is 0.926. The zero-order valence-electron chi connectivity index (χ0n) is 10.4. The highest BCUT2D eigenvalue weighted by Crippen LogP contribution is 2.27. The van der Waals surface area contributed by atoms with Crippen molar-refractivity contribution in [3.63, 3.8) is 0 Å².